The van der Waals surface area contributed by atoms with E-state index in [0.29, 0.717) is 28.0 Å². The number of anilines is 1. The average Bonchev–Trinajstić information content (AvgIpc) is 3.52. The maximum Gasteiger partial charge on any atom is 0.263 e. The third-order valence-corrected chi connectivity index (χ3v) is 5.57. The van der Waals surface area contributed by atoms with Crippen molar-refractivity contribution in [2.45, 2.75) is 18.6 Å². The summed E-state index contributed by atoms with van der Waals surface area (Å²) in [6.07, 6.45) is 0. The Kier molecular flexibility index (Phi) is 5.17. The van der Waals surface area contributed by atoms with Gasteiger partial charge >= 0.3 is 0 Å². The summed E-state index contributed by atoms with van der Waals surface area (Å²) in [5, 5.41) is 13.9. The number of rotatable bonds is 6. The monoisotopic (exact) mass is 468 g/mol. The van der Waals surface area contributed by atoms with Crippen LogP contribution in [0.25, 0.3) is 11.4 Å². The van der Waals surface area contributed by atoms with E-state index in [9.17, 15) is 9.59 Å². The number of amides is 2. The fraction of sp³-hybridized carbons (Fsp3) is 0.238. The molecule has 0 saturated carbocycles. The first-order chi connectivity index (χ1) is 16.0. The molecule has 3 aromatic rings. The summed E-state index contributed by atoms with van der Waals surface area (Å²) in [5.41, 5.74) is 1.05. The van der Waals surface area contributed by atoms with Gasteiger partial charge in [0.1, 0.15) is 18.0 Å². The first kappa shape index (κ1) is 20.9. The molecule has 2 aliphatic rings. The van der Waals surface area contributed by atoms with Crippen LogP contribution >= 0.6 is 11.6 Å². The molecule has 5 rings (SSSR count). The first-order valence-corrected chi connectivity index (χ1v) is 10.2. The van der Waals surface area contributed by atoms with E-state index in [4.69, 9.17) is 25.6 Å². The smallest absolute Gasteiger partial charge is 0.263 e. The van der Waals surface area contributed by atoms with E-state index in [-0.39, 0.29) is 12.4 Å². The normalized spacial score (nSPS) is 19.4. The van der Waals surface area contributed by atoms with Crippen LogP contribution in [0, 0.1) is 0 Å². The Morgan fingerprint density at radius 1 is 1.03 bits per heavy atom. The summed E-state index contributed by atoms with van der Waals surface area (Å²) < 4.78 is 15.8. The van der Waals surface area contributed by atoms with Gasteiger partial charge in [-0.3, -0.25) is 14.6 Å². The Bertz CT molecular complexity index is 1240. The van der Waals surface area contributed by atoms with Gasteiger partial charge in [-0.2, -0.15) is 10.1 Å². The number of benzene rings is 2. The van der Waals surface area contributed by atoms with Gasteiger partial charge in [0.05, 0.1) is 19.9 Å². The SMILES string of the molecule is COc1cc(OC)cc(N2C(=O)[C@H]3N=NN(Cc4nc(-c5ccc(Cl)cc5)no4)[C@@H]3C2=O)c1. The minimum atomic E-state index is -0.964. The van der Waals surface area contributed by atoms with E-state index in [0.717, 1.165) is 10.5 Å². The van der Waals surface area contributed by atoms with Crippen molar-refractivity contribution in [1.29, 1.82) is 0 Å². The Morgan fingerprint density at radius 3 is 2.39 bits per heavy atom. The Balaban J connectivity index is 1.37. The zero-order valence-electron chi connectivity index (χ0n) is 17.5. The van der Waals surface area contributed by atoms with Crippen LogP contribution < -0.4 is 14.4 Å². The minimum absolute atomic E-state index is 0.0134. The van der Waals surface area contributed by atoms with E-state index in [2.05, 4.69) is 20.5 Å². The zero-order chi connectivity index (χ0) is 23.1. The van der Waals surface area contributed by atoms with Gasteiger partial charge in [-0.1, -0.05) is 22.0 Å². The highest BCUT2D eigenvalue weighted by Crippen LogP contribution is 2.36. The van der Waals surface area contributed by atoms with Crippen molar-refractivity contribution >= 4 is 29.1 Å². The predicted molar refractivity (Wildman–Crippen MR) is 115 cm³/mol. The molecule has 0 N–H and O–H groups in total. The van der Waals surface area contributed by atoms with Crippen LogP contribution in [0.5, 0.6) is 11.5 Å². The number of imide groups is 1. The molecule has 3 heterocycles. The fourth-order valence-electron chi connectivity index (χ4n) is 3.70. The van der Waals surface area contributed by atoms with Crippen molar-refractivity contribution in [1.82, 2.24) is 15.1 Å². The largest absolute Gasteiger partial charge is 0.497 e. The number of fused-ring (bicyclic) bond motifs is 1. The van der Waals surface area contributed by atoms with E-state index in [1.165, 1.54) is 19.2 Å². The standard InChI is InChI=1S/C21H17ClN6O5/c1-31-14-7-13(8-15(9-14)32-2)28-20(29)17-18(21(28)30)27(26-24-17)10-16-23-19(25-33-16)11-3-5-12(22)6-4-11/h3-9,17-18H,10H2,1-2H3/t17-,18-/m0/s1. The number of hydrogen-bond donors (Lipinski definition) is 0. The molecule has 0 radical (unpaired) electrons. The van der Waals surface area contributed by atoms with E-state index < -0.39 is 23.9 Å². The number of carbonyl (C=O) groups excluding carboxylic acids is 2. The van der Waals surface area contributed by atoms with Gasteiger partial charge < -0.3 is 14.0 Å². The maximum atomic E-state index is 13.2. The molecule has 2 aromatic carbocycles. The van der Waals surface area contributed by atoms with Crippen LogP contribution in [0.3, 0.4) is 0 Å². The van der Waals surface area contributed by atoms with E-state index in [1.807, 2.05) is 0 Å². The molecular formula is C21H17ClN6O5. The molecule has 2 atom stereocenters. The van der Waals surface area contributed by atoms with Crippen molar-refractivity contribution in [3.05, 3.63) is 53.4 Å². The lowest BCUT2D eigenvalue weighted by Crippen LogP contribution is -2.39. The summed E-state index contributed by atoms with van der Waals surface area (Å²) >= 11 is 5.91. The van der Waals surface area contributed by atoms with Crippen molar-refractivity contribution in [3.63, 3.8) is 0 Å². The van der Waals surface area contributed by atoms with Crippen molar-refractivity contribution in [2.75, 3.05) is 19.1 Å². The molecule has 0 unspecified atom stereocenters. The second kappa shape index (κ2) is 8.17. The minimum Gasteiger partial charge on any atom is -0.497 e. The molecule has 1 saturated heterocycles. The average molecular weight is 469 g/mol. The van der Waals surface area contributed by atoms with Crippen LogP contribution in [0.1, 0.15) is 5.89 Å². The molecule has 33 heavy (non-hydrogen) atoms. The predicted octanol–water partition coefficient (Wildman–Crippen LogP) is 2.90. The maximum absolute atomic E-state index is 13.2. The number of aromatic nitrogens is 2. The summed E-state index contributed by atoms with van der Waals surface area (Å²) in [6, 6.07) is 9.90. The van der Waals surface area contributed by atoms with Crippen LogP contribution in [0.15, 0.2) is 57.3 Å². The van der Waals surface area contributed by atoms with Crippen LogP contribution in [-0.4, -0.2) is 53.3 Å². The highest BCUT2D eigenvalue weighted by Gasteiger charge is 2.55. The molecule has 0 aliphatic carbocycles. The highest BCUT2D eigenvalue weighted by atomic mass is 35.5. The van der Waals surface area contributed by atoms with Gasteiger partial charge in [0.2, 0.25) is 11.7 Å². The van der Waals surface area contributed by atoms with Crippen molar-refractivity contribution in [3.8, 4) is 22.9 Å². The third kappa shape index (κ3) is 3.65. The molecule has 1 fully saturated rings. The summed E-state index contributed by atoms with van der Waals surface area (Å²) in [6.45, 7) is 0.0134. The molecule has 0 spiro atoms. The quantitative estimate of drug-likeness (QED) is 0.506. The number of methoxy groups -OCH3 is 2. The lowest BCUT2D eigenvalue weighted by Gasteiger charge is -2.20. The van der Waals surface area contributed by atoms with Gasteiger partial charge in [-0.05, 0) is 24.3 Å². The van der Waals surface area contributed by atoms with Gasteiger partial charge in [0.25, 0.3) is 11.8 Å². The zero-order valence-corrected chi connectivity index (χ0v) is 18.3. The lowest BCUT2D eigenvalue weighted by atomic mass is 10.1. The van der Waals surface area contributed by atoms with Gasteiger partial charge in [0, 0.05) is 28.8 Å². The topological polar surface area (TPSA) is 123 Å². The van der Waals surface area contributed by atoms with Crippen LogP contribution in [0.4, 0.5) is 5.69 Å². The molecule has 1 aromatic heterocycles. The fourth-order valence-corrected chi connectivity index (χ4v) is 3.83. The molecular weight excluding hydrogens is 452 g/mol. The first-order valence-electron chi connectivity index (χ1n) is 9.85. The molecule has 168 valence electrons. The molecule has 2 aliphatic heterocycles. The number of ether oxygens (including phenoxy) is 2. The lowest BCUT2D eigenvalue weighted by molar-refractivity contribution is -0.123. The molecule has 12 heteroatoms. The third-order valence-electron chi connectivity index (χ3n) is 5.32. The van der Waals surface area contributed by atoms with E-state index >= 15 is 0 Å². The van der Waals surface area contributed by atoms with Crippen LogP contribution in [-0.2, 0) is 16.1 Å². The van der Waals surface area contributed by atoms with Gasteiger partial charge in [-0.15, -0.1) is 0 Å². The Hall–Kier alpha value is -3.99. The van der Waals surface area contributed by atoms with Crippen molar-refractivity contribution < 1.29 is 23.6 Å². The summed E-state index contributed by atoms with van der Waals surface area (Å²) in [4.78, 5) is 31.6. The van der Waals surface area contributed by atoms with Gasteiger partial charge in [0.15, 0.2) is 12.1 Å². The van der Waals surface area contributed by atoms with Gasteiger partial charge in [-0.25, -0.2) is 4.90 Å². The summed E-state index contributed by atoms with van der Waals surface area (Å²) in [7, 11) is 2.97. The van der Waals surface area contributed by atoms with E-state index in [1.54, 1.807) is 42.5 Å². The number of carbonyl (C=O) groups is 2. The Labute approximate surface area is 192 Å². The second-order valence-electron chi connectivity index (χ2n) is 7.29. The molecule has 11 nitrogen and oxygen atoms in total. The second-order valence-corrected chi connectivity index (χ2v) is 7.73. The number of nitrogens with zero attached hydrogens (tertiary/aromatic N) is 6. The van der Waals surface area contributed by atoms with Crippen molar-refractivity contribution in [2.24, 2.45) is 10.3 Å². The summed E-state index contributed by atoms with van der Waals surface area (Å²) in [5.74, 6) is 0.526. The molecule has 0 bridgehead atoms. The molecule has 2 amide bonds. The number of hydrogen-bond acceptors (Lipinski definition) is 10. The highest BCUT2D eigenvalue weighted by molar-refractivity contribution is 6.30. The Morgan fingerprint density at radius 2 is 1.73 bits per heavy atom. The van der Waals surface area contributed by atoms with Crippen LogP contribution in [0.2, 0.25) is 5.02 Å². The number of halogens is 1.